The highest BCUT2D eigenvalue weighted by atomic mass is 16.5. The van der Waals surface area contributed by atoms with Crippen LogP contribution >= 0.6 is 0 Å². The van der Waals surface area contributed by atoms with E-state index in [9.17, 15) is 4.79 Å². The predicted molar refractivity (Wildman–Crippen MR) is 87.8 cm³/mol. The fourth-order valence-electron chi connectivity index (χ4n) is 2.89. The maximum Gasteiger partial charge on any atom is 0.275 e. The molecule has 0 atom stereocenters. The summed E-state index contributed by atoms with van der Waals surface area (Å²) in [6.07, 6.45) is 3.32. The number of rotatable bonds is 3. The van der Waals surface area contributed by atoms with E-state index in [0.717, 1.165) is 29.9 Å². The number of carbonyl (C=O) groups is 1. The maximum absolute atomic E-state index is 12.4. The summed E-state index contributed by atoms with van der Waals surface area (Å²) in [6.45, 7) is 4.33. The van der Waals surface area contributed by atoms with Crippen molar-refractivity contribution in [1.29, 1.82) is 0 Å². The highest BCUT2D eigenvalue weighted by Crippen LogP contribution is 2.35. The number of para-hydroxylation sites is 1. The molecule has 1 aliphatic rings. The molecule has 0 aliphatic heterocycles. The molecule has 0 saturated carbocycles. The number of hydrogen-bond acceptors (Lipinski definition) is 4. The molecule has 0 fully saturated rings. The number of furan rings is 1. The molecule has 1 N–H and O–H groups in total. The van der Waals surface area contributed by atoms with Crippen molar-refractivity contribution in [1.82, 2.24) is 5.43 Å². The monoisotopic (exact) mass is 312 g/mol. The minimum atomic E-state index is -0.289. The third-order valence-corrected chi connectivity index (χ3v) is 3.99. The number of carbonyl (C=O) groups excluding carboxylic acids is 1. The Hall–Kier alpha value is -2.56. The largest absolute Gasteiger partial charge is 0.496 e. The van der Waals surface area contributed by atoms with E-state index in [-0.39, 0.29) is 11.3 Å². The van der Waals surface area contributed by atoms with Crippen LogP contribution in [0.3, 0.4) is 0 Å². The Morgan fingerprint density at radius 3 is 2.83 bits per heavy atom. The molecule has 1 aromatic carbocycles. The van der Waals surface area contributed by atoms with E-state index in [1.54, 1.807) is 31.6 Å². The van der Waals surface area contributed by atoms with Crippen molar-refractivity contribution in [2.45, 2.75) is 26.7 Å². The molecule has 0 bridgehead atoms. The van der Waals surface area contributed by atoms with Crippen LogP contribution in [0.5, 0.6) is 5.75 Å². The molecule has 1 aliphatic carbocycles. The number of benzene rings is 1. The second-order valence-electron chi connectivity index (χ2n) is 6.47. The second-order valence-corrected chi connectivity index (χ2v) is 6.47. The minimum Gasteiger partial charge on any atom is -0.496 e. The van der Waals surface area contributed by atoms with Crippen LogP contribution in [-0.2, 0) is 6.42 Å². The Morgan fingerprint density at radius 1 is 1.26 bits per heavy atom. The third-order valence-electron chi connectivity index (χ3n) is 3.99. The number of hydrogen-bond donors (Lipinski definition) is 1. The van der Waals surface area contributed by atoms with E-state index in [0.29, 0.717) is 11.3 Å². The van der Waals surface area contributed by atoms with Gasteiger partial charge in [-0.15, -0.1) is 0 Å². The summed E-state index contributed by atoms with van der Waals surface area (Å²) in [5, 5.41) is 4.35. The molecule has 5 nitrogen and oxygen atoms in total. The zero-order valence-electron chi connectivity index (χ0n) is 13.6. The molecule has 0 unspecified atom stereocenters. The minimum absolute atomic E-state index is 0.0544. The summed E-state index contributed by atoms with van der Waals surface area (Å²) in [6, 6.07) is 8.98. The van der Waals surface area contributed by atoms with E-state index in [2.05, 4.69) is 24.4 Å². The van der Waals surface area contributed by atoms with Crippen molar-refractivity contribution in [3.05, 3.63) is 53.5 Å². The van der Waals surface area contributed by atoms with Crippen LogP contribution in [0, 0.1) is 5.41 Å². The van der Waals surface area contributed by atoms with Crippen molar-refractivity contribution in [2.75, 3.05) is 7.11 Å². The lowest BCUT2D eigenvalue weighted by atomic mass is 9.76. The van der Waals surface area contributed by atoms with Crippen molar-refractivity contribution >= 4 is 11.6 Å². The lowest BCUT2D eigenvalue weighted by molar-refractivity contribution is 0.0951. The van der Waals surface area contributed by atoms with Gasteiger partial charge in [0.2, 0.25) is 0 Å². The van der Waals surface area contributed by atoms with E-state index >= 15 is 0 Å². The van der Waals surface area contributed by atoms with Crippen LogP contribution in [0.25, 0.3) is 0 Å². The maximum atomic E-state index is 12.4. The van der Waals surface area contributed by atoms with Gasteiger partial charge in [0.1, 0.15) is 11.5 Å². The van der Waals surface area contributed by atoms with Crippen LogP contribution < -0.4 is 10.2 Å². The average molecular weight is 312 g/mol. The molecule has 3 rings (SSSR count). The smallest absolute Gasteiger partial charge is 0.275 e. The quantitative estimate of drug-likeness (QED) is 0.884. The Morgan fingerprint density at radius 2 is 2.04 bits per heavy atom. The van der Waals surface area contributed by atoms with Gasteiger partial charge < -0.3 is 9.15 Å². The Bertz CT molecular complexity index is 759. The molecular formula is C18H20N2O3. The first kappa shape index (κ1) is 15.3. The van der Waals surface area contributed by atoms with Gasteiger partial charge in [-0.25, -0.2) is 5.43 Å². The summed E-state index contributed by atoms with van der Waals surface area (Å²) < 4.78 is 10.7. The summed E-state index contributed by atoms with van der Waals surface area (Å²) >= 11 is 0. The van der Waals surface area contributed by atoms with Gasteiger partial charge in [0.15, 0.2) is 0 Å². The van der Waals surface area contributed by atoms with Crippen LogP contribution in [0.4, 0.5) is 0 Å². The molecule has 1 heterocycles. The zero-order valence-corrected chi connectivity index (χ0v) is 13.6. The molecule has 5 heteroatoms. The van der Waals surface area contributed by atoms with Gasteiger partial charge >= 0.3 is 0 Å². The van der Waals surface area contributed by atoms with Crippen molar-refractivity contribution in [3.63, 3.8) is 0 Å². The number of hydrazone groups is 1. The number of fused-ring (bicyclic) bond motifs is 1. The third kappa shape index (κ3) is 3.13. The van der Waals surface area contributed by atoms with E-state index in [1.165, 1.54) is 0 Å². The molecule has 2 aromatic rings. The summed E-state index contributed by atoms with van der Waals surface area (Å²) in [7, 11) is 1.54. The fraction of sp³-hybridized carbons (Fsp3) is 0.333. The first-order chi connectivity index (χ1) is 11.0. The fourth-order valence-corrected chi connectivity index (χ4v) is 2.89. The topological polar surface area (TPSA) is 63.8 Å². The molecular weight excluding hydrogens is 292 g/mol. The van der Waals surface area contributed by atoms with Gasteiger partial charge in [-0.1, -0.05) is 26.0 Å². The SMILES string of the molecule is COc1ccccc1C(=O)NN=C1CC(C)(C)Cc2occc21. The molecule has 23 heavy (non-hydrogen) atoms. The predicted octanol–water partition coefficient (Wildman–Crippen LogP) is 3.39. The van der Waals surface area contributed by atoms with Gasteiger partial charge in [0.05, 0.1) is 24.6 Å². The van der Waals surface area contributed by atoms with E-state index in [1.807, 2.05) is 12.1 Å². The number of nitrogens with zero attached hydrogens (tertiary/aromatic N) is 1. The van der Waals surface area contributed by atoms with Gasteiger partial charge in [-0.2, -0.15) is 5.10 Å². The Balaban J connectivity index is 1.84. The summed E-state index contributed by atoms with van der Waals surface area (Å²) in [5.74, 6) is 1.16. The first-order valence-corrected chi connectivity index (χ1v) is 7.57. The number of ether oxygens (including phenoxy) is 1. The molecule has 0 saturated heterocycles. The van der Waals surface area contributed by atoms with Gasteiger partial charge in [0.25, 0.3) is 5.91 Å². The second kappa shape index (κ2) is 5.91. The number of methoxy groups -OCH3 is 1. The number of amides is 1. The molecule has 120 valence electrons. The average Bonchev–Trinajstić information content (AvgIpc) is 2.99. The molecule has 0 spiro atoms. The van der Waals surface area contributed by atoms with Crippen LogP contribution in [0.2, 0.25) is 0 Å². The molecule has 0 radical (unpaired) electrons. The standard InChI is InChI=1S/C18H20N2O3/c1-18(2)10-14(12-8-9-23-16(12)11-18)19-20-17(21)13-6-4-5-7-15(13)22-3/h4-9H,10-11H2,1-3H3,(H,20,21). The number of nitrogens with one attached hydrogen (secondary N) is 1. The van der Waals surface area contributed by atoms with Gasteiger partial charge in [-0.3, -0.25) is 4.79 Å². The molecule has 1 aromatic heterocycles. The van der Waals surface area contributed by atoms with Gasteiger partial charge in [-0.05, 0) is 30.0 Å². The highest BCUT2D eigenvalue weighted by molar-refractivity contribution is 6.04. The molecule has 1 amide bonds. The van der Waals surface area contributed by atoms with E-state index in [4.69, 9.17) is 9.15 Å². The van der Waals surface area contributed by atoms with Crippen molar-refractivity contribution in [2.24, 2.45) is 10.5 Å². The lowest BCUT2D eigenvalue weighted by Crippen LogP contribution is -2.29. The first-order valence-electron chi connectivity index (χ1n) is 7.57. The Kier molecular flexibility index (Phi) is 3.94. The van der Waals surface area contributed by atoms with Crippen LogP contribution in [0.1, 0.15) is 41.9 Å². The highest BCUT2D eigenvalue weighted by Gasteiger charge is 2.32. The van der Waals surface area contributed by atoms with Crippen molar-refractivity contribution < 1.29 is 13.9 Å². The Labute approximate surface area is 135 Å². The van der Waals surface area contributed by atoms with Crippen LogP contribution in [-0.4, -0.2) is 18.7 Å². The van der Waals surface area contributed by atoms with Gasteiger partial charge in [0, 0.05) is 12.0 Å². The lowest BCUT2D eigenvalue weighted by Gasteiger charge is -2.29. The summed E-state index contributed by atoms with van der Waals surface area (Å²) in [4.78, 5) is 12.4. The zero-order chi connectivity index (χ0) is 16.4. The summed E-state index contributed by atoms with van der Waals surface area (Å²) in [5.41, 5.74) is 4.97. The van der Waals surface area contributed by atoms with E-state index < -0.39 is 0 Å². The van der Waals surface area contributed by atoms with Crippen LogP contribution in [0.15, 0.2) is 46.1 Å². The van der Waals surface area contributed by atoms with Crippen molar-refractivity contribution in [3.8, 4) is 5.75 Å². The normalized spacial score (nSPS) is 17.6.